The first-order chi connectivity index (χ1) is 7.41. The fourth-order valence-electron chi connectivity index (χ4n) is 5.26. The molecule has 4 saturated carbocycles. The van der Waals surface area contributed by atoms with Crippen molar-refractivity contribution < 1.29 is 9.90 Å². The second-order valence-electron chi connectivity index (χ2n) is 6.78. The SMILES string of the molecule is CC12CC3CC(NCl)(C1)CC(C(=O)O)(C3)C2. The van der Waals surface area contributed by atoms with E-state index in [4.69, 9.17) is 11.8 Å². The van der Waals surface area contributed by atoms with E-state index in [9.17, 15) is 9.90 Å². The standard InChI is InChI=1S/C12H18ClNO2/c1-10-2-8-3-11(5-10,9(15)16)7-12(4-8,6-10)14-13/h8,14H,2-7H2,1H3,(H,15,16). The van der Waals surface area contributed by atoms with Crippen LogP contribution in [0.2, 0.25) is 0 Å². The smallest absolute Gasteiger partial charge is 0.309 e. The highest BCUT2D eigenvalue weighted by Gasteiger charge is 2.64. The zero-order chi connectivity index (χ0) is 11.6. The van der Waals surface area contributed by atoms with E-state index >= 15 is 0 Å². The predicted octanol–water partition coefficient (Wildman–Crippen LogP) is 2.54. The van der Waals surface area contributed by atoms with Crippen LogP contribution in [0.3, 0.4) is 0 Å². The first kappa shape index (κ1) is 10.8. The molecule has 4 aliphatic rings. The van der Waals surface area contributed by atoms with Crippen LogP contribution in [0.25, 0.3) is 0 Å². The van der Waals surface area contributed by atoms with Crippen LogP contribution in [0, 0.1) is 16.7 Å². The summed E-state index contributed by atoms with van der Waals surface area (Å²) < 4.78 is 0. The Kier molecular flexibility index (Phi) is 1.99. The highest BCUT2D eigenvalue weighted by molar-refractivity contribution is 6.14. The molecule has 0 aromatic rings. The van der Waals surface area contributed by atoms with Crippen molar-refractivity contribution in [2.75, 3.05) is 0 Å². The molecule has 3 nitrogen and oxygen atoms in total. The Bertz CT molecular complexity index is 361. The van der Waals surface area contributed by atoms with Gasteiger partial charge in [0.05, 0.1) is 5.41 Å². The lowest BCUT2D eigenvalue weighted by molar-refractivity contribution is -0.176. The Morgan fingerprint density at radius 1 is 1.31 bits per heavy atom. The third kappa shape index (κ3) is 1.28. The normalized spacial score (nSPS) is 54.2. The first-order valence-corrected chi connectivity index (χ1v) is 6.40. The minimum atomic E-state index is -0.612. The second-order valence-corrected chi connectivity index (χ2v) is 6.97. The van der Waals surface area contributed by atoms with E-state index < -0.39 is 11.4 Å². The van der Waals surface area contributed by atoms with Crippen molar-refractivity contribution in [2.45, 2.75) is 51.0 Å². The Hall–Kier alpha value is -0.280. The van der Waals surface area contributed by atoms with Crippen LogP contribution in [0.5, 0.6) is 0 Å². The highest BCUT2D eigenvalue weighted by Crippen LogP contribution is 2.66. The molecule has 0 amide bonds. The Labute approximate surface area is 101 Å². The van der Waals surface area contributed by atoms with Gasteiger partial charge in [0.1, 0.15) is 0 Å². The largest absolute Gasteiger partial charge is 0.481 e. The van der Waals surface area contributed by atoms with Crippen molar-refractivity contribution in [1.29, 1.82) is 0 Å². The average Bonchev–Trinajstić information content (AvgIpc) is 2.13. The van der Waals surface area contributed by atoms with E-state index in [1.807, 2.05) is 0 Å². The molecule has 4 aliphatic carbocycles. The maximum absolute atomic E-state index is 11.6. The first-order valence-electron chi connectivity index (χ1n) is 6.02. The minimum absolute atomic E-state index is 0.117. The number of carboxylic acid groups (broad SMARTS) is 1. The molecule has 0 heterocycles. The van der Waals surface area contributed by atoms with Crippen molar-refractivity contribution >= 4 is 17.7 Å². The van der Waals surface area contributed by atoms with Gasteiger partial charge in [0.15, 0.2) is 0 Å². The maximum Gasteiger partial charge on any atom is 0.309 e. The average molecular weight is 244 g/mol. The van der Waals surface area contributed by atoms with Gasteiger partial charge in [0.25, 0.3) is 0 Å². The molecule has 0 aromatic heterocycles. The van der Waals surface area contributed by atoms with Crippen LogP contribution < -0.4 is 4.84 Å². The fourth-order valence-corrected chi connectivity index (χ4v) is 5.48. The third-order valence-electron chi connectivity index (χ3n) is 5.00. The summed E-state index contributed by atoms with van der Waals surface area (Å²) in [6, 6.07) is 0. The van der Waals surface area contributed by atoms with Crippen LogP contribution in [0.15, 0.2) is 0 Å². The molecule has 0 spiro atoms. The summed E-state index contributed by atoms with van der Waals surface area (Å²) in [5, 5.41) is 9.53. The molecule has 4 bridgehead atoms. The molecule has 4 atom stereocenters. The van der Waals surface area contributed by atoms with Gasteiger partial charge in [-0.05, 0) is 61.6 Å². The van der Waals surface area contributed by atoms with Crippen LogP contribution in [0.1, 0.15) is 45.4 Å². The summed E-state index contributed by atoms with van der Waals surface area (Å²) in [5.41, 5.74) is -0.441. The van der Waals surface area contributed by atoms with Crippen molar-refractivity contribution in [3.63, 3.8) is 0 Å². The molecule has 4 rings (SSSR count). The highest BCUT2D eigenvalue weighted by atomic mass is 35.5. The molecular formula is C12H18ClNO2. The number of hydrogen-bond donors (Lipinski definition) is 2. The fraction of sp³-hybridized carbons (Fsp3) is 0.917. The van der Waals surface area contributed by atoms with Crippen LogP contribution >= 0.6 is 11.8 Å². The van der Waals surface area contributed by atoms with E-state index in [-0.39, 0.29) is 11.0 Å². The number of hydrogen-bond acceptors (Lipinski definition) is 2. The van der Waals surface area contributed by atoms with Gasteiger partial charge in [0.2, 0.25) is 0 Å². The summed E-state index contributed by atoms with van der Waals surface area (Å²) in [6.07, 6.45) is 5.69. The quantitative estimate of drug-likeness (QED) is 0.733. The molecule has 2 N–H and O–H groups in total. The number of carboxylic acids is 1. The zero-order valence-electron chi connectivity index (χ0n) is 9.55. The van der Waals surface area contributed by atoms with E-state index in [0.29, 0.717) is 12.3 Å². The molecule has 0 aliphatic heterocycles. The van der Waals surface area contributed by atoms with Crippen LogP contribution in [-0.4, -0.2) is 16.6 Å². The molecule has 0 radical (unpaired) electrons. The molecule has 90 valence electrons. The summed E-state index contributed by atoms with van der Waals surface area (Å²) in [5.74, 6) is -0.0669. The van der Waals surface area contributed by atoms with Gasteiger partial charge in [-0.25, -0.2) is 4.84 Å². The second kappa shape index (κ2) is 2.94. The van der Waals surface area contributed by atoms with Gasteiger partial charge in [0, 0.05) is 5.54 Å². The lowest BCUT2D eigenvalue weighted by Gasteiger charge is -2.64. The molecule has 16 heavy (non-hydrogen) atoms. The molecule has 0 saturated heterocycles. The van der Waals surface area contributed by atoms with Gasteiger partial charge < -0.3 is 5.11 Å². The van der Waals surface area contributed by atoms with Gasteiger partial charge >= 0.3 is 5.97 Å². The van der Waals surface area contributed by atoms with Gasteiger partial charge in [-0.15, -0.1) is 0 Å². The Balaban J connectivity index is 2.04. The minimum Gasteiger partial charge on any atom is -0.481 e. The van der Waals surface area contributed by atoms with Crippen molar-refractivity contribution in [3.8, 4) is 0 Å². The van der Waals surface area contributed by atoms with Gasteiger partial charge in [-0.2, -0.15) is 0 Å². The van der Waals surface area contributed by atoms with Gasteiger partial charge in [-0.3, -0.25) is 4.79 Å². The lowest BCUT2D eigenvalue weighted by atomic mass is 9.42. The summed E-state index contributed by atoms with van der Waals surface area (Å²) in [4.78, 5) is 14.5. The summed E-state index contributed by atoms with van der Waals surface area (Å²) in [7, 11) is 0. The van der Waals surface area contributed by atoms with Crippen LogP contribution in [0.4, 0.5) is 0 Å². The van der Waals surface area contributed by atoms with E-state index in [1.165, 1.54) is 6.42 Å². The number of aliphatic carboxylic acids is 1. The molecule has 0 aromatic carbocycles. The van der Waals surface area contributed by atoms with Crippen molar-refractivity contribution in [3.05, 3.63) is 0 Å². The monoisotopic (exact) mass is 243 g/mol. The predicted molar refractivity (Wildman–Crippen MR) is 61.1 cm³/mol. The number of rotatable bonds is 2. The van der Waals surface area contributed by atoms with E-state index in [0.717, 1.165) is 25.7 Å². The topological polar surface area (TPSA) is 49.3 Å². The molecular weight excluding hydrogens is 226 g/mol. The van der Waals surface area contributed by atoms with E-state index in [2.05, 4.69) is 11.8 Å². The van der Waals surface area contributed by atoms with Crippen LogP contribution in [-0.2, 0) is 4.79 Å². The Morgan fingerprint density at radius 2 is 2.06 bits per heavy atom. The molecule has 4 unspecified atom stereocenters. The third-order valence-corrected chi connectivity index (χ3v) is 5.40. The number of carbonyl (C=O) groups is 1. The van der Waals surface area contributed by atoms with Crippen molar-refractivity contribution in [1.82, 2.24) is 4.84 Å². The summed E-state index contributed by atoms with van der Waals surface area (Å²) >= 11 is 5.91. The molecule has 4 heteroatoms. The van der Waals surface area contributed by atoms with Gasteiger partial charge in [-0.1, -0.05) is 6.92 Å². The Morgan fingerprint density at radius 3 is 2.62 bits per heavy atom. The maximum atomic E-state index is 11.6. The number of halogens is 1. The van der Waals surface area contributed by atoms with E-state index in [1.54, 1.807) is 0 Å². The lowest BCUT2D eigenvalue weighted by Crippen LogP contribution is -2.64. The molecule has 4 fully saturated rings. The summed E-state index contributed by atoms with van der Waals surface area (Å²) in [6.45, 7) is 2.23. The zero-order valence-corrected chi connectivity index (χ0v) is 10.3. The number of nitrogens with one attached hydrogen (secondary N) is 1. The van der Waals surface area contributed by atoms with Crippen molar-refractivity contribution in [2.24, 2.45) is 16.7 Å².